The molecule has 3 aromatic carbocycles. The molecule has 5 aromatic rings. The zero-order valence-electron chi connectivity index (χ0n) is 19.4. The Balaban J connectivity index is 1.51. The maximum absolute atomic E-state index is 13.8. The first-order chi connectivity index (χ1) is 18.1. The summed E-state index contributed by atoms with van der Waals surface area (Å²) in [7, 11) is 0. The van der Waals surface area contributed by atoms with Crippen LogP contribution in [0.15, 0.2) is 107 Å². The maximum atomic E-state index is 13.8. The van der Waals surface area contributed by atoms with Crippen molar-refractivity contribution in [1.29, 1.82) is 5.26 Å². The van der Waals surface area contributed by atoms with E-state index in [1.165, 1.54) is 5.01 Å². The van der Waals surface area contributed by atoms with E-state index in [4.69, 9.17) is 11.0 Å². The Morgan fingerprint density at radius 1 is 1.03 bits per heavy atom. The minimum Gasteiger partial charge on any atom is -0.453 e. The second kappa shape index (κ2) is 8.63. The van der Waals surface area contributed by atoms with E-state index in [-0.39, 0.29) is 11.5 Å². The largest absolute Gasteiger partial charge is 0.453 e. The number of aromatic amines is 1. The average molecular weight is 483 g/mol. The number of H-pyrrole nitrogens is 1. The second-order valence-corrected chi connectivity index (χ2v) is 8.58. The van der Waals surface area contributed by atoms with Gasteiger partial charge in [-0.15, -0.1) is 0 Å². The number of furan rings is 1. The fourth-order valence-corrected chi connectivity index (χ4v) is 4.63. The van der Waals surface area contributed by atoms with Gasteiger partial charge < -0.3 is 4.42 Å². The summed E-state index contributed by atoms with van der Waals surface area (Å²) in [6, 6.07) is 30.6. The first kappa shape index (κ1) is 22.0. The number of carbonyl (C=O) groups excluding carboxylic acids is 1. The van der Waals surface area contributed by atoms with Gasteiger partial charge >= 0.3 is 5.54 Å². The van der Waals surface area contributed by atoms with Crippen molar-refractivity contribution < 1.29 is 9.21 Å². The fraction of sp³-hybridized carbons (Fsp3) is 0.0690. The van der Waals surface area contributed by atoms with Crippen LogP contribution in [-0.2, 0) is 0 Å². The number of hydrogen-bond acceptors (Lipinski definition) is 6. The van der Waals surface area contributed by atoms with Gasteiger partial charge in [0.2, 0.25) is 5.71 Å². The van der Waals surface area contributed by atoms with E-state index < -0.39 is 17.4 Å². The lowest BCUT2D eigenvalue weighted by atomic mass is 9.82. The molecule has 1 aliphatic heterocycles. The standard InChI is InChI=1S/C29H18N6O2/c1-31-29(18-30)27(26(36)24-16-21-14-8-9-15-23(21)37-24)34-35(28(29)20-12-6-3-7-13-20)25-17-22(32-33-25)19-10-4-2-5-11-19/h2-17,28H,(H,32,33). The van der Waals surface area contributed by atoms with Crippen molar-refractivity contribution in [2.24, 2.45) is 5.10 Å². The second-order valence-electron chi connectivity index (χ2n) is 8.58. The van der Waals surface area contributed by atoms with Gasteiger partial charge in [0.1, 0.15) is 5.58 Å². The van der Waals surface area contributed by atoms with Crippen LogP contribution in [-0.4, -0.2) is 27.2 Å². The molecule has 6 rings (SSSR count). The van der Waals surface area contributed by atoms with E-state index in [2.05, 4.69) is 26.2 Å². The molecule has 1 N–H and O–H groups in total. The molecular formula is C29H18N6O2. The third-order valence-corrected chi connectivity index (χ3v) is 6.42. The highest BCUT2D eigenvalue weighted by molar-refractivity contribution is 6.50. The lowest BCUT2D eigenvalue weighted by Gasteiger charge is -2.24. The number of rotatable bonds is 5. The lowest BCUT2D eigenvalue weighted by molar-refractivity contribution is 0.104. The molecule has 0 bridgehead atoms. The van der Waals surface area contributed by atoms with E-state index in [0.29, 0.717) is 17.0 Å². The molecule has 2 aromatic heterocycles. The van der Waals surface area contributed by atoms with Crippen LogP contribution in [0.1, 0.15) is 22.2 Å². The van der Waals surface area contributed by atoms with Gasteiger partial charge in [0.15, 0.2) is 23.7 Å². The summed E-state index contributed by atoms with van der Waals surface area (Å²) in [5.74, 6) is -0.219. The van der Waals surface area contributed by atoms with Crippen LogP contribution >= 0.6 is 0 Å². The summed E-state index contributed by atoms with van der Waals surface area (Å²) >= 11 is 0. The van der Waals surface area contributed by atoms with Crippen molar-refractivity contribution in [3.05, 3.63) is 120 Å². The first-order valence-electron chi connectivity index (χ1n) is 11.5. The van der Waals surface area contributed by atoms with E-state index in [1.807, 2.05) is 72.8 Å². The molecule has 0 fully saturated rings. The zero-order valence-corrected chi connectivity index (χ0v) is 19.4. The number of fused-ring (bicyclic) bond motifs is 1. The molecule has 0 radical (unpaired) electrons. The molecule has 0 amide bonds. The van der Waals surface area contributed by atoms with E-state index in [0.717, 1.165) is 16.6 Å². The number of nitriles is 1. The van der Waals surface area contributed by atoms with Gasteiger partial charge in [-0.05, 0) is 23.3 Å². The van der Waals surface area contributed by atoms with Gasteiger partial charge in [0, 0.05) is 11.5 Å². The lowest BCUT2D eigenvalue weighted by Crippen LogP contribution is -2.43. The van der Waals surface area contributed by atoms with Crippen molar-refractivity contribution in [3.63, 3.8) is 0 Å². The van der Waals surface area contributed by atoms with Gasteiger partial charge in [-0.1, -0.05) is 78.9 Å². The SMILES string of the molecule is [C-]#[N+]C1(C#N)C(C(=O)c2cc3ccccc3o2)=NN(c2cc(-c3ccccc3)[nH]n2)C1c1ccccc1. The molecule has 176 valence electrons. The molecule has 0 saturated heterocycles. The molecule has 2 unspecified atom stereocenters. The van der Waals surface area contributed by atoms with Gasteiger partial charge in [0.25, 0.3) is 5.78 Å². The van der Waals surface area contributed by atoms with Crippen LogP contribution in [0, 0.1) is 17.9 Å². The number of hydrogen-bond donors (Lipinski definition) is 1. The summed E-state index contributed by atoms with van der Waals surface area (Å²) in [6.07, 6.45) is 0. The molecule has 2 atom stereocenters. The van der Waals surface area contributed by atoms with Crippen LogP contribution in [0.2, 0.25) is 0 Å². The van der Waals surface area contributed by atoms with Crippen molar-refractivity contribution in [2.75, 3.05) is 5.01 Å². The molecule has 8 heteroatoms. The van der Waals surface area contributed by atoms with E-state index in [9.17, 15) is 10.1 Å². The van der Waals surface area contributed by atoms with Crippen LogP contribution < -0.4 is 5.01 Å². The first-order valence-corrected chi connectivity index (χ1v) is 11.5. The number of hydrazone groups is 1. The number of anilines is 1. The summed E-state index contributed by atoms with van der Waals surface area (Å²) in [5.41, 5.74) is 0.702. The fourth-order valence-electron chi connectivity index (χ4n) is 4.63. The van der Waals surface area contributed by atoms with Crippen LogP contribution in [0.4, 0.5) is 5.82 Å². The highest BCUT2D eigenvalue weighted by atomic mass is 16.3. The zero-order chi connectivity index (χ0) is 25.4. The molecule has 37 heavy (non-hydrogen) atoms. The third kappa shape index (κ3) is 3.48. The van der Waals surface area contributed by atoms with Gasteiger partial charge in [-0.25, -0.2) is 11.6 Å². The molecule has 0 aliphatic carbocycles. The smallest absolute Gasteiger partial charge is 0.388 e. The number of carbonyl (C=O) groups is 1. The molecule has 1 aliphatic rings. The number of para-hydroxylation sites is 1. The van der Waals surface area contributed by atoms with Gasteiger partial charge in [0.05, 0.1) is 5.69 Å². The number of nitrogens with one attached hydrogen (secondary N) is 1. The number of benzene rings is 3. The highest BCUT2D eigenvalue weighted by Crippen LogP contribution is 2.45. The Hall–Kier alpha value is -5.47. The predicted octanol–water partition coefficient (Wildman–Crippen LogP) is 5.80. The summed E-state index contributed by atoms with van der Waals surface area (Å²) < 4.78 is 5.79. The summed E-state index contributed by atoms with van der Waals surface area (Å²) in [4.78, 5) is 17.5. The van der Waals surface area contributed by atoms with E-state index >= 15 is 0 Å². The van der Waals surface area contributed by atoms with Gasteiger partial charge in [-0.3, -0.25) is 14.7 Å². The Morgan fingerprint density at radius 2 is 1.73 bits per heavy atom. The average Bonchev–Trinajstić information content (AvgIpc) is 3.69. The van der Waals surface area contributed by atoms with Gasteiger partial charge in [-0.2, -0.15) is 15.5 Å². The predicted molar refractivity (Wildman–Crippen MR) is 139 cm³/mol. The van der Waals surface area contributed by atoms with Crippen molar-refractivity contribution in [1.82, 2.24) is 10.2 Å². The van der Waals surface area contributed by atoms with Crippen molar-refractivity contribution in [3.8, 4) is 17.3 Å². The maximum Gasteiger partial charge on any atom is 0.388 e. The Labute approximate surface area is 211 Å². The third-order valence-electron chi connectivity index (χ3n) is 6.42. The van der Waals surface area contributed by atoms with Crippen molar-refractivity contribution >= 4 is 28.3 Å². The van der Waals surface area contributed by atoms with Crippen molar-refractivity contribution in [2.45, 2.75) is 11.6 Å². The highest BCUT2D eigenvalue weighted by Gasteiger charge is 2.63. The minimum absolute atomic E-state index is 0.0175. The Morgan fingerprint density at radius 3 is 2.43 bits per heavy atom. The topological polar surface area (TPSA) is 103 Å². The van der Waals surface area contributed by atoms with Crippen LogP contribution in [0.5, 0.6) is 0 Å². The summed E-state index contributed by atoms with van der Waals surface area (Å²) in [6.45, 7) is 8.10. The Kier molecular flexibility index (Phi) is 5.14. The number of ketones is 1. The normalized spacial score (nSPS) is 18.8. The minimum atomic E-state index is -1.93. The van der Waals surface area contributed by atoms with Crippen LogP contribution in [0.25, 0.3) is 27.1 Å². The summed E-state index contributed by atoms with van der Waals surface area (Å²) in [5, 5.41) is 24.7. The Bertz CT molecular complexity index is 1690. The molecule has 8 nitrogen and oxygen atoms in total. The van der Waals surface area contributed by atoms with E-state index in [1.54, 1.807) is 24.3 Å². The number of nitrogens with zero attached hydrogens (tertiary/aromatic N) is 5. The molecular weight excluding hydrogens is 464 g/mol. The quantitative estimate of drug-likeness (QED) is 0.252. The molecule has 3 heterocycles. The number of Topliss-reactive ketones (excluding diaryl/α,β-unsaturated/α-hetero) is 1. The van der Waals surface area contributed by atoms with Crippen LogP contribution in [0.3, 0.4) is 0 Å². The molecule has 0 saturated carbocycles. The number of aromatic nitrogens is 2. The molecule has 0 spiro atoms. The monoisotopic (exact) mass is 482 g/mol.